The van der Waals surface area contributed by atoms with Crippen LogP contribution in [0.4, 0.5) is 11.4 Å². The highest BCUT2D eigenvalue weighted by Gasteiger charge is 2.05. The van der Waals surface area contributed by atoms with Crippen LogP contribution < -0.4 is 10.2 Å². The zero-order chi connectivity index (χ0) is 14.3. The summed E-state index contributed by atoms with van der Waals surface area (Å²) in [6.45, 7) is 4.83. The molecule has 0 aliphatic heterocycles. The van der Waals surface area contributed by atoms with Crippen molar-refractivity contribution in [2.24, 2.45) is 0 Å². The summed E-state index contributed by atoms with van der Waals surface area (Å²) in [5.74, 6) is 0. The molecular formula is C15H26N3O. The Morgan fingerprint density at radius 1 is 1.32 bits per heavy atom. The molecule has 0 fully saturated rings. The van der Waals surface area contributed by atoms with Crippen molar-refractivity contribution in [3.63, 3.8) is 0 Å². The molecule has 0 saturated carbocycles. The lowest BCUT2D eigenvalue weighted by Crippen LogP contribution is -2.28. The lowest BCUT2D eigenvalue weighted by Gasteiger charge is -2.22. The quantitative estimate of drug-likeness (QED) is 0.776. The van der Waals surface area contributed by atoms with Gasteiger partial charge in [-0.05, 0) is 33.2 Å². The van der Waals surface area contributed by atoms with Crippen LogP contribution in [0.1, 0.15) is 6.92 Å². The van der Waals surface area contributed by atoms with E-state index < -0.39 is 0 Å². The van der Waals surface area contributed by atoms with E-state index in [1.165, 1.54) is 5.69 Å². The van der Waals surface area contributed by atoms with Gasteiger partial charge >= 0.3 is 0 Å². The number of ether oxygens (including phenoxy) is 1. The van der Waals surface area contributed by atoms with E-state index in [1.807, 2.05) is 6.07 Å². The molecule has 19 heavy (non-hydrogen) atoms. The fourth-order valence-corrected chi connectivity index (χ4v) is 1.81. The smallest absolute Gasteiger partial charge is 0.0661 e. The number of likely N-dealkylation sites (N-methyl/N-ethyl adjacent to an activating group) is 2. The maximum atomic E-state index is 5.13. The molecule has 0 spiro atoms. The Morgan fingerprint density at radius 3 is 2.68 bits per heavy atom. The van der Waals surface area contributed by atoms with Gasteiger partial charge in [-0.15, -0.1) is 0 Å². The molecule has 0 heterocycles. The third-order valence-corrected chi connectivity index (χ3v) is 2.93. The molecule has 0 aliphatic carbocycles. The van der Waals surface area contributed by atoms with Crippen molar-refractivity contribution in [2.45, 2.75) is 13.0 Å². The van der Waals surface area contributed by atoms with Crippen molar-refractivity contribution < 1.29 is 4.74 Å². The Hall–Kier alpha value is -1.26. The van der Waals surface area contributed by atoms with E-state index in [-0.39, 0.29) is 6.04 Å². The number of hydrogen-bond donors (Lipinski definition) is 1. The van der Waals surface area contributed by atoms with Crippen molar-refractivity contribution >= 4 is 11.4 Å². The molecule has 1 aromatic carbocycles. The summed E-state index contributed by atoms with van der Waals surface area (Å²) in [4.78, 5) is 4.44. The molecule has 107 valence electrons. The lowest BCUT2D eigenvalue weighted by molar-refractivity contribution is 0.190. The Kier molecular flexibility index (Phi) is 6.67. The van der Waals surface area contributed by atoms with E-state index in [9.17, 15) is 0 Å². The second-order valence-corrected chi connectivity index (χ2v) is 5.19. The van der Waals surface area contributed by atoms with Crippen molar-refractivity contribution in [3.05, 3.63) is 24.3 Å². The van der Waals surface area contributed by atoms with Gasteiger partial charge in [0.25, 0.3) is 0 Å². The van der Waals surface area contributed by atoms with Gasteiger partial charge in [-0.25, -0.2) is 0 Å². The van der Waals surface area contributed by atoms with Gasteiger partial charge < -0.3 is 19.9 Å². The standard InChI is InChI=1S/C15H26N3O/c1-13(12-19-5)16-14-7-6-8-15(11-14)18(4)10-9-17(2)3/h6,8,11,13,16H,9-10,12H2,1-5H3. The first-order valence-electron chi connectivity index (χ1n) is 6.66. The number of hydrogen-bond acceptors (Lipinski definition) is 4. The average Bonchev–Trinajstić information content (AvgIpc) is 2.36. The summed E-state index contributed by atoms with van der Waals surface area (Å²) in [5.41, 5.74) is 2.21. The number of anilines is 2. The zero-order valence-corrected chi connectivity index (χ0v) is 12.7. The first kappa shape index (κ1) is 15.8. The van der Waals surface area contributed by atoms with Gasteiger partial charge in [-0.2, -0.15) is 0 Å². The molecule has 1 rings (SSSR count). The molecule has 1 unspecified atom stereocenters. The minimum atomic E-state index is 0.281. The van der Waals surface area contributed by atoms with Crippen molar-refractivity contribution in [3.8, 4) is 0 Å². The van der Waals surface area contributed by atoms with Gasteiger partial charge in [-0.1, -0.05) is 6.07 Å². The van der Waals surface area contributed by atoms with Crippen LogP contribution in [0.25, 0.3) is 0 Å². The van der Waals surface area contributed by atoms with Crippen molar-refractivity contribution in [2.75, 3.05) is 58.2 Å². The van der Waals surface area contributed by atoms with Crippen LogP contribution in [0, 0.1) is 6.07 Å². The van der Waals surface area contributed by atoms with Crippen molar-refractivity contribution in [1.82, 2.24) is 4.90 Å². The topological polar surface area (TPSA) is 27.7 Å². The van der Waals surface area contributed by atoms with Gasteiger partial charge in [0.05, 0.1) is 6.61 Å². The molecule has 0 aromatic heterocycles. The van der Waals surface area contributed by atoms with Gasteiger partial charge in [0, 0.05) is 50.7 Å². The Balaban J connectivity index is 2.60. The lowest BCUT2D eigenvalue weighted by atomic mass is 10.2. The van der Waals surface area contributed by atoms with Crippen LogP contribution in [0.5, 0.6) is 0 Å². The maximum absolute atomic E-state index is 5.13. The molecule has 4 nitrogen and oxygen atoms in total. The SMILES string of the molecule is COCC(C)Nc1[c]ccc(N(C)CCN(C)C)c1. The Labute approximate surface area is 117 Å². The summed E-state index contributed by atoms with van der Waals surface area (Å²) >= 11 is 0. The number of methoxy groups -OCH3 is 1. The van der Waals surface area contributed by atoms with E-state index in [1.54, 1.807) is 7.11 Å². The molecule has 1 radical (unpaired) electrons. The van der Waals surface area contributed by atoms with E-state index >= 15 is 0 Å². The molecule has 4 heteroatoms. The van der Waals surface area contributed by atoms with Crippen LogP contribution >= 0.6 is 0 Å². The summed E-state index contributed by atoms with van der Waals surface area (Å²) in [5, 5.41) is 3.39. The number of nitrogens with zero attached hydrogens (tertiary/aromatic N) is 2. The summed E-state index contributed by atoms with van der Waals surface area (Å²) in [6.07, 6.45) is 0. The molecule has 0 bridgehead atoms. The Morgan fingerprint density at radius 2 is 2.05 bits per heavy atom. The largest absolute Gasteiger partial charge is 0.383 e. The minimum Gasteiger partial charge on any atom is -0.383 e. The molecule has 1 N–H and O–H groups in total. The molecular weight excluding hydrogens is 238 g/mol. The monoisotopic (exact) mass is 264 g/mol. The highest BCUT2D eigenvalue weighted by Crippen LogP contribution is 2.18. The highest BCUT2D eigenvalue weighted by molar-refractivity contribution is 5.57. The minimum absolute atomic E-state index is 0.281. The highest BCUT2D eigenvalue weighted by atomic mass is 16.5. The van der Waals surface area contributed by atoms with E-state index in [2.05, 4.69) is 61.4 Å². The predicted octanol–water partition coefficient (Wildman–Crippen LogP) is 1.93. The third-order valence-electron chi connectivity index (χ3n) is 2.93. The second-order valence-electron chi connectivity index (χ2n) is 5.19. The molecule has 1 atom stereocenters. The number of benzene rings is 1. The van der Waals surface area contributed by atoms with E-state index in [0.717, 1.165) is 18.8 Å². The molecule has 0 amide bonds. The van der Waals surface area contributed by atoms with Crippen LogP contribution in [-0.4, -0.2) is 58.9 Å². The van der Waals surface area contributed by atoms with Gasteiger partial charge in [-0.3, -0.25) is 0 Å². The normalized spacial score (nSPS) is 12.5. The summed E-state index contributed by atoms with van der Waals surface area (Å²) in [6, 6.07) is 9.67. The molecule has 0 saturated heterocycles. The first-order valence-corrected chi connectivity index (χ1v) is 6.66. The Bertz CT molecular complexity index is 368. The van der Waals surface area contributed by atoms with Crippen molar-refractivity contribution in [1.29, 1.82) is 0 Å². The predicted molar refractivity (Wildman–Crippen MR) is 82.1 cm³/mol. The van der Waals surface area contributed by atoms with Crippen LogP contribution in [0.15, 0.2) is 18.2 Å². The first-order chi connectivity index (χ1) is 9.02. The van der Waals surface area contributed by atoms with Crippen LogP contribution in [-0.2, 0) is 4.74 Å². The average molecular weight is 264 g/mol. The van der Waals surface area contributed by atoms with E-state index in [0.29, 0.717) is 6.61 Å². The third kappa shape index (κ3) is 5.94. The van der Waals surface area contributed by atoms with Crippen LogP contribution in [0.2, 0.25) is 0 Å². The van der Waals surface area contributed by atoms with Crippen LogP contribution in [0.3, 0.4) is 0 Å². The van der Waals surface area contributed by atoms with E-state index in [4.69, 9.17) is 4.74 Å². The molecule has 0 aliphatic rings. The van der Waals surface area contributed by atoms with Gasteiger partial charge in [0.2, 0.25) is 0 Å². The maximum Gasteiger partial charge on any atom is 0.0661 e. The summed E-state index contributed by atoms with van der Waals surface area (Å²) < 4.78 is 5.13. The summed E-state index contributed by atoms with van der Waals surface area (Å²) in [7, 11) is 8.01. The molecule has 1 aromatic rings. The zero-order valence-electron chi connectivity index (χ0n) is 12.7. The fourth-order valence-electron chi connectivity index (χ4n) is 1.81. The second kappa shape index (κ2) is 8.02. The van der Waals surface area contributed by atoms with Gasteiger partial charge in [0.1, 0.15) is 0 Å². The fraction of sp³-hybridized carbons (Fsp3) is 0.600. The van der Waals surface area contributed by atoms with Gasteiger partial charge in [0.15, 0.2) is 0 Å². The number of rotatable bonds is 8. The number of nitrogens with one attached hydrogen (secondary N) is 1.